The van der Waals surface area contributed by atoms with Gasteiger partial charge in [0.15, 0.2) is 0 Å². The van der Waals surface area contributed by atoms with Gasteiger partial charge in [0.1, 0.15) is 5.75 Å². The first-order valence-corrected chi connectivity index (χ1v) is 15.5. The van der Waals surface area contributed by atoms with Gasteiger partial charge in [-0.15, -0.1) is 11.3 Å². The van der Waals surface area contributed by atoms with Crippen LogP contribution in [0.25, 0.3) is 0 Å². The summed E-state index contributed by atoms with van der Waals surface area (Å²) in [6.45, 7) is 3.68. The molecule has 0 atom stereocenters. The molecular weight excluding hydrogens is 562 g/mol. The van der Waals surface area contributed by atoms with E-state index in [1.54, 1.807) is 67.8 Å². The lowest BCUT2D eigenvalue weighted by Gasteiger charge is -2.38. The standard InChI is InChI=1S/C26H23F3O4S4/c1-18-4-12-22(13-5-18)36(23-14-6-19(2)7-15-23,33-37(30,31)26(27,28)29)25-17-16-24(35-25)34-21-10-8-20(32-3)9-11-21/h4-17H,1-3H3. The number of thiophene rings is 1. The summed E-state index contributed by atoms with van der Waals surface area (Å²) in [6, 6.07) is 24.2. The molecule has 0 N–H and O–H groups in total. The molecule has 4 nitrogen and oxygen atoms in total. The molecule has 3 aromatic carbocycles. The number of methoxy groups -OCH3 is 1. The average molecular weight is 585 g/mol. The van der Waals surface area contributed by atoms with Crippen molar-refractivity contribution in [2.24, 2.45) is 0 Å². The minimum atomic E-state index is -5.95. The molecule has 0 radical (unpaired) electrons. The van der Waals surface area contributed by atoms with Gasteiger partial charge in [-0.3, -0.25) is 0 Å². The number of aryl methyl sites for hydroxylation is 2. The molecule has 1 aromatic heterocycles. The third-order valence-electron chi connectivity index (χ3n) is 5.30. The van der Waals surface area contributed by atoms with E-state index in [9.17, 15) is 21.6 Å². The maximum atomic E-state index is 13.7. The molecule has 0 saturated carbocycles. The number of rotatable bonds is 8. The molecule has 0 spiro atoms. The molecule has 0 aliphatic heterocycles. The molecule has 0 bridgehead atoms. The van der Waals surface area contributed by atoms with E-state index in [0.717, 1.165) is 20.2 Å². The molecule has 0 amide bonds. The van der Waals surface area contributed by atoms with Crippen LogP contribution in [0.4, 0.5) is 13.2 Å². The number of ether oxygens (including phenoxy) is 1. The van der Waals surface area contributed by atoms with Gasteiger partial charge < -0.3 is 4.74 Å². The Bertz CT molecular complexity index is 1420. The summed E-state index contributed by atoms with van der Waals surface area (Å²) in [5, 5.41) is 0. The van der Waals surface area contributed by atoms with Crippen LogP contribution in [0.1, 0.15) is 11.1 Å². The van der Waals surface area contributed by atoms with Gasteiger partial charge in [0.05, 0.1) is 15.5 Å². The number of hydrogen-bond donors (Lipinski definition) is 0. The third kappa shape index (κ3) is 5.85. The van der Waals surface area contributed by atoms with E-state index in [2.05, 4.69) is 0 Å². The van der Waals surface area contributed by atoms with E-state index in [1.807, 2.05) is 38.1 Å². The largest absolute Gasteiger partial charge is 0.524 e. The smallest absolute Gasteiger partial charge is 0.497 e. The van der Waals surface area contributed by atoms with Gasteiger partial charge in [-0.2, -0.15) is 25.2 Å². The lowest BCUT2D eigenvalue weighted by Crippen LogP contribution is -2.27. The van der Waals surface area contributed by atoms with Crippen molar-refractivity contribution in [1.29, 1.82) is 0 Å². The highest BCUT2D eigenvalue weighted by atomic mass is 32.3. The molecule has 37 heavy (non-hydrogen) atoms. The second-order valence-corrected chi connectivity index (χ2v) is 15.1. The van der Waals surface area contributed by atoms with E-state index in [4.69, 9.17) is 8.37 Å². The van der Waals surface area contributed by atoms with Gasteiger partial charge in [-0.1, -0.05) is 47.2 Å². The summed E-state index contributed by atoms with van der Waals surface area (Å²) < 4.78 is 77.8. The number of hydrogen-bond acceptors (Lipinski definition) is 6. The molecule has 0 fully saturated rings. The lowest BCUT2D eigenvalue weighted by molar-refractivity contribution is -0.0496. The van der Waals surface area contributed by atoms with Crippen molar-refractivity contribution in [1.82, 2.24) is 0 Å². The van der Waals surface area contributed by atoms with Crippen LogP contribution in [0, 0.1) is 13.8 Å². The Balaban J connectivity index is 1.91. The van der Waals surface area contributed by atoms with Crippen LogP contribution in [-0.2, 0) is 13.7 Å². The second-order valence-electron chi connectivity index (χ2n) is 8.00. The first-order chi connectivity index (χ1) is 17.4. The zero-order valence-corrected chi connectivity index (χ0v) is 23.2. The molecule has 4 rings (SSSR count). The predicted octanol–water partition coefficient (Wildman–Crippen LogP) is 8.59. The number of benzene rings is 3. The maximum Gasteiger partial charge on any atom is 0.524 e. The number of halogens is 3. The minimum absolute atomic E-state index is 0.345. The average Bonchev–Trinajstić information content (AvgIpc) is 3.32. The first-order valence-electron chi connectivity index (χ1n) is 10.9. The van der Waals surface area contributed by atoms with E-state index in [-0.39, 0.29) is 0 Å². The second kappa shape index (κ2) is 10.7. The quantitative estimate of drug-likeness (QED) is 0.194. The Kier molecular flexibility index (Phi) is 8.01. The van der Waals surface area contributed by atoms with E-state index >= 15 is 0 Å². The number of alkyl halides is 3. The van der Waals surface area contributed by atoms with Crippen molar-refractivity contribution in [3.63, 3.8) is 0 Å². The van der Waals surface area contributed by atoms with Crippen molar-refractivity contribution in [2.75, 3.05) is 7.11 Å². The van der Waals surface area contributed by atoms with Crippen LogP contribution in [0.5, 0.6) is 5.75 Å². The Morgan fingerprint density at radius 2 is 1.27 bits per heavy atom. The minimum Gasteiger partial charge on any atom is -0.497 e. The van der Waals surface area contributed by atoms with Crippen LogP contribution in [-0.4, -0.2) is 21.0 Å². The molecular formula is C26H23F3O4S4. The Labute approximate surface area is 224 Å². The molecule has 11 heteroatoms. The highest BCUT2D eigenvalue weighted by Crippen LogP contribution is 2.72. The fraction of sp³-hybridized carbons (Fsp3) is 0.154. The zero-order valence-electron chi connectivity index (χ0n) is 20.0. The summed E-state index contributed by atoms with van der Waals surface area (Å²) in [7, 11) is -7.70. The third-order valence-corrected chi connectivity index (χ3v) is 12.9. The van der Waals surface area contributed by atoms with Gasteiger partial charge in [0, 0.05) is 14.7 Å². The molecule has 196 valence electrons. The van der Waals surface area contributed by atoms with Crippen LogP contribution in [0.3, 0.4) is 0 Å². The van der Waals surface area contributed by atoms with Crippen molar-refractivity contribution >= 4 is 43.5 Å². The summed E-state index contributed by atoms with van der Waals surface area (Å²) in [5.41, 5.74) is -3.83. The van der Waals surface area contributed by atoms with Crippen LogP contribution < -0.4 is 4.74 Å². The molecule has 0 saturated heterocycles. The summed E-state index contributed by atoms with van der Waals surface area (Å²) >= 11 is 2.62. The Hall–Kier alpha value is -2.44. The van der Waals surface area contributed by atoms with E-state index in [1.165, 1.54) is 23.1 Å². The van der Waals surface area contributed by atoms with Crippen molar-refractivity contribution in [2.45, 2.75) is 42.5 Å². The summed E-state index contributed by atoms with van der Waals surface area (Å²) in [4.78, 5) is 1.58. The van der Waals surface area contributed by atoms with Gasteiger partial charge in [0.25, 0.3) is 0 Å². The van der Waals surface area contributed by atoms with Crippen LogP contribution in [0.2, 0.25) is 0 Å². The van der Waals surface area contributed by atoms with Crippen LogP contribution in [0.15, 0.2) is 108 Å². The maximum absolute atomic E-state index is 13.7. The zero-order chi connectivity index (χ0) is 26.8. The summed E-state index contributed by atoms with van der Waals surface area (Å²) in [6.07, 6.45) is 0. The SMILES string of the molecule is COc1ccc(Sc2ccc(S(OS(=O)(=O)C(F)(F)F)(c3ccc(C)cc3)c3ccc(C)cc3)s2)cc1. The lowest BCUT2D eigenvalue weighted by atomic mass is 10.2. The van der Waals surface area contributed by atoms with Gasteiger partial charge in [-0.25, -0.2) is 0 Å². The summed E-state index contributed by atoms with van der Waals surface area (Å²) in [5.74, 6) is 0.698. The van der Waals surface area contributed by atoms with Gasteiger partial charge in [-0.05, 0) is 84.8 Å². The highest BCUT2D eigenvalue weighted by Gasteiger charge is 2.52. The molecule has 0 aliphatic carbocycles. The first kappa shape index (κ1) is 27.6. The molecule has 1 heterocycles. The van der Waals surface area contributed by atoms with E-state index in [0.29, 0.717) is 19.7 Å². The van der Waals surface area contributed by atoms with Crippen molar-refractivity contribution in [3.05, 3.63) is 96.1 Å². The Morgan fingerprint density at radius 3 is 1.73 bits per heavy atom. The van der Waals surface area contributed by atoms with E-state index < -0.39 is 25.9 Å². The van der Waals surface area contributed by atoms with Crippen molar-refractivity contribution in [3.8, 4) is 5.75 Å². The topological polar surface area (TPSA) is 52.6 Å². The van der Waals surface area contributed by atoms with Crippen molar-refractivity contribution < 1.29 is 30.0 Å². The normalized spacial score (nSPS) is 12.9. The fourth-order valence-corrected chi connectivity index (χ4v) is 11.3. The highest BCUT2D eigenvalue weighted by molar-refractivity contribution is 8.34. The molecule has 0 unspecified atom stereocenters. The van der Waals surface area contributed by atoms with Gasteiger partial charge >= 0.3 is 15.6 Å². The van der Waals surface area contributed by atoms with Gasteiger partial charge in [0.2, 0.25) is 0 Å². The fourth-order valence-electron chi connectivity index (χ4n) is 3.39. The Morgan fingerprint density at radius 1 is 0.757 bits per heavy atom. The van der Waals surface area contributed by atoms with Crippen LogP contribution >= 0.6 is 33.4 Å². The predicted molar refractivity (Wildman–Crippen MR) is 142 cm³/mol. The molecule has 4 aromatic rings. The molecule has 0 aliphatic rings. The monoisotopic (exact) mass is 584 g/mol.